The molecule has 4 rings (SSSR count). The number of rotatable bonds is 8. The SMILES string of the molecule is Nc1ccc2c(c1)cc(C(=O)NC(CCO)C1CC1)n2Cc1cccc(OC(F)(F)F)c1. The summed E-state index contributed by atoms with van der Waals surface area (Å²) in [6, 6.07) is 12.5. The van der Waals surface area contributed by atoms with Gasteiger partial charge in [-0.15, -0.1) is 13.2 Å². The Morgan fingerprint density at radius 2 is 2.00 bits per heavy atom. The fraction of sp³-hybridized carbons (Fsp3) is 0.348. The number of nitrogens with zero attached hydrogens (tertiary/aromatic N) is 1. The quantitative estimate of drug-likeness (QED) is 0.455. The number of nitrogen functional groups attached to an aromatic ring is 1. The van der Waals surface area contributed by atoms with Crippen LogP contribution in [0.1, 0.15) is 35.3 Å². The predicted octanol–water partition coefficient (Wildman–Crippen LogP) is 4.06. The van der Waals surface area contributed by atoms with Crippen LogP contribution in [0.2, 0.25) is 0 Å². The fourth-order valence-electron chi connectivity index (χ4n) is 3.98. The van der Waals surface area contributed by atoms with Crippen molar-refractivity contribution in [1.82, 2.24) is 9.88 Å². The largest absolute Gasteiger partial charge is 0.573 e. The van der Waals surface area contributed by atoms with E-state index < -0.39 is 6.36 Å². The summed E-state index contributed by atoms with van der Waals surface area (Å²) in [6.45, 7) is 0.145. The standard InChI is InChI=1S/C23H24F3N3O3/c24-23(25,26)32-18-3-1-2-14(10-18)13-29-20-7-6-17(27)11-16(20)12-21(29)22(31)28-19(8-9-30)15-4-5-15/h1-3,6-7,10-12,15,19,30H,4-5,8-9,13,27H2,(H,28,31). The van der Waals surface area contributed by atoms with Crippen molar-refractivity contribution in [3.05, 3.63) is 59.8 Å². The third-order valence-electron chi connectivity index (χ3n) is 5.58. The summed E-state index contributed by atoms with van der Waals surface area (Å²) >= 11 is 0. The first-order valence-corrected chi connectivity index (χ1v) is 10.4. The molecule has 0 saturated heterocycles. The number of ether oxygens (including phenoxy) is 1. The first-order chi connectivity index (χ1) is 15.2. The van der Waals surface area contributed by atoms with Crippen LogP contribution in [0.25, 0.3) is 10.9 Å². The summed E-state index contributed by atoms with van der Waals surface area (Å²) < 4.78 is 43.6. The zero-order valence-corrected chi connectivity index (χ0v) is 17.2. The average molecular weight is 447 g/mol. The van der Waals surface area contributed by atoms with E-state index in [2.05, 4.69) is 10.1 Å². The molecule has 0 aliphatic heterocycles. The van der Waals surface area contributed by atoms with E-state index in [0.29, 0.717) is 29.3 Å². The number of aromatic nitrogens is 1. The van der Waals surface area contributed by atoms with E-state index in [1.807, 2.05) is 0 Å². The topological polar surface area (TPSA) is 89.5 Å². The number of amides is 1. The molecule has 32 heavy (non-hydrogen) atoms. The van der Waals surface area contributed by atoms with Crippen LogP contribution in [0.5, 0.6) is 5.75 Å². The molecule has 0 bridgehead atoms. The van der Waals surface area contributed by atoms with Gasteiger partial charge >= 0.3 is 6.36 Å². The van der Waals surface area contributed by atoms with E-state index in [-0.39, 0.29) is 30.9 Å². The Morgan fingerprint density at radius 3 is 2.69 bits per heavy atom. The minimum atomic E-state index is -4.79. The molecule has 170 valence electrons. The summed E-state index contributed by atoms with van der Waals surface area (Å²) in [5.41, 5.74) is 8.09. The molecular weight excluding hydrogens is 423 g/mol. The number of fused-ring (bicyclic) bond motifs is 1. The maximum absolute atomic E-state index is 13.2. The van der Waals surface area contributed by atoms with Crippen molar-refractivity contribution in [2.75, 3.05) is 12.3 Å². The highest BCUT2D eigenvalue weighted by atomic mass is 19.4. The van der Waals surface area contributed by atoms with Crippen molar-refractivity contribution in [3.8, 4) is 5.75 Å². The van der Waals surface area contributed by atoms with Gasteiger partial charge in [0.25, 0.3) is 5.91 Å². The Hall–Kier alpha value is -3.20. The molecule has 1 heterocycles. The van der Waals surface area contributed by atoms with Gasteiger partial charge in [-0.1, -0.05) is 12.1 Å². The molecular formula is C23H24F3N3O3. The number of nitrogens with two attached hydrogens (primary N) is 1. The number of aliphatic hydroxyl groups is 1. The van der Waals surface area contributed by atoms with Crippen molar-refractivity contribution in [2.24, 2.45) is 5.92 Å². The number of carbonyl (C=O) groups excluding carboxylic acids is 1. The Bertz CT molecular complexity index is 1120. The van der Waals surface area contributed by atoms with Crippen LogP contribution in [0.3, 0.4) is 0 Å². The average Bonchev–Trinajstić information content (AvgIpc) is 3.49. The maximum Gasteiger partial charge on any atom is 0.573 e. The van der Waals surface area contributed by atoms with Gasteiger partial charge in [0.2, 0.25) is 0 Å². The minimum Gasteiger partial charge on any atom is -0.406 e. The number of hydrogen-bond acceptors (Lipinski definition) is 4. The van der Waals surface area contributed by atoms with Gasteiger partial charge in [0, 0.05) is 35.8 Å². The lowest BCUT2D eigenvalue weighted by atomic mass is 10.1. The molecule has 1 saturated carbocycles. The highest BCUT2D eigenvalue weighted by Gasteiger charge is 2.33. The number of alkyl halides is 3. The number of nitrogens with one attached hydrogen (secondary N) is 1. The van der Waals surface area contributed by atoms with Gasteiger partial charge in [0.05, 0.1) is 0 Å². The molecule has 1 aliphatic carbocycles. The van der Waals surface area contributed by atoms with Crippen LogP contribution in [0, 0.1) is 5.92 Å². The van der Waals surface area contributed by atoms with Gasteiger partial charge in [-0.2, -0.15) is 0 Å². The number of carbonyl (C=O) groups is 1. The fourth-order valence-corrected chi connectivity index (χ4v) is 3.98. The van der Waals surface area contributed by atoms with E-state index in [1.54, 1.807) is 34.9 Å². The molecule has 1 amide bonds. The van der Waals surface area contributed by atoms with Crippen molar-refractivity contribution < 1.29 is 27.8 Å². The highest BCUT2D eigenvalue weighted by molar-refractivity contribution is 5.99. The molecule has 6 nitrogen and oxygen atoms in total. The Kier molecular flexibility index (Phi) is 6.01. The summed E-state index contributed by atoms with van der Waals surface area (Å²) in [6.07, 6.45) is -2.29. The molecule has 2 aromatic carbocycles. The van der Waals surface area contributed by atoms with Crippen LogP contribution in [-0.4, -0.2) is 34.6 Å². The Balaban J connectivity index is 1.67. The van der Waals surface area contributed by atoms with Crippen LogP contribution in [0.4, 0.5) is 18.9 Å². The summed E-state index contributed by atoms with van der Waals surface area (Å²) in [4.78, 5) is 13.2. The molecule has 1 aliphatic rings. The van der Waals surface area contributed by atoms with Gasteiger partial charge in [0.1, 0.15) is 11.4 Å². The Morgan fingerprint density at radius 1 is 1.22 bits per heavy atom. The molecule has 1 aromatic heterocycles. The van der Waals surface area contributed by atoms with E-state index in [1.165, 1.54) is 18.2 Å². The maximum atomic E-state index is 13.2. The van der Waals surface area contributed by atoms with Crippen LogP contribution in [0.15, 0.2) is 48.5 Å². The van der Waals surface area contributed by atoms with E-state index >= 15 is 0 Å². The summed E-state index contributed by atoms with van der Waals surface area (Å²) in [7, 11) is 0. The number of anilines is 1. The van der Waals surface area contributed by atoms with Crippen molar-refractivity contribution in [3.63, 3.8) is 0 Å². The lowest BCUT2D eigenvalue weighted by molar-refractivity contribution is -0.274. The second kappa shape index (κ2) is 8.74. The summed E-state index contributed by atoms with van der Waals surface area (Å²) in [5.74, 6) is -0.262. The normalized spacial score (nSPS) is 15.0. The van der Waals surface area contributed by atoms with Gasteiger partial charge in [-0.3, -0.25) is 4.79 Å². The van der Waals surface area contributed by atoms with Crippen molar-refractivity contribution in [1.29, 1.82) is 0 Å². The third kappa shape index (κ3) is 5.16. The second-order valence-electron chi connectivity index (χ2n) is 8.06. The highest BCUT2D eigenvalue weighted by Crippen LogP contribution is 2.34. The van der Waals surface area contributed by atoms with Gasteiger partial charge in [-0.05, 0) is 67.1 Å². The Labute approximate surface area is 182 Å². The number of halogens is 3. The monoisotopic (exact) mass is 447 g/mol. The lowest BCUT2D eigenvalue weighted by Gasteiger charge is -2.18. The lowest BCUT2D eigenvalue weighted by Crippen LogP contribution is -2.38. The van der Waals surface area contributed by atoms with Crippen LogP contribution in [-0.2, 0) is 6.54 Å². The molecule has 1 atom stereocenters. The van der Waals surface area contributed by atoms with E-state index in [0.717, 1.165) is 23.7 Å². The molecule has 0 spiro atoms. The third-order valence-corrected chi connectivity index (χ3v) is 5.58. The van der Waals surface area contributed by atoms with Gasteiger partial charge in [0.15, 0.2) is 0 Å². The predicted molar refractivity (Wildman–Crippen MR) is 114 cm³/mol. The number of benzene rings is 2. The van der Waals surface area contributed by atoms with Crippen LogP contribution < -0.4 is 15.8 Å². The van der Waals surface area contributed by atoms with Gasteiger partial charge in [-0.25, -0.2) is 0 Å². The number of aliphatic hydroxyl groups excluding tert-OH is 1. The molecule has 1 unspecified atom stereocenters. The van der Waals surface area contributed by atoms with E-state index in [4.69, 9.17) is 5.73 Å². The van der Waals surface area contributed by atoms with E-state index in [9.17, 15) is 23.1 Å². The first kappa shape index (κ1) is 22.0. The van der Waals surface area contributed by atoms with Gasteiger partial charge < -0.3 is 25.5 Å². The molecule has 9 heteroatoms. The second-order valence-corrected chi connectivity index (χ2v) is 8.06. The number of hydrogen-bond donors (Lipinski definition) is 3. The zero-order chi connectivity index (χ0) is 22.9. The van der Waals surface area contributed by atoms with Crippen molar-refractivity contribution >= 4 is 22.5 Å². The molecule has 4 N–H and O–H groups in total. The first-order valence-electron chi connectivity index (χ1n) is 10.4. The molecule has 1 fully saturated rings. The summed E-state index contributed by atoms with van der Waals surface area (Å²) in [5, 5.41) is 13.1. The zero-order valence-electron chi connectivity index (χ0n) is 17.2. The molecule has 3 aromatic rings. The van der Waals surface area contributed by atoms with Crippen molar-refractivity contribution in [2.45, 2.75) is 38.2 Å². The smallest absolute Gasteiger partial charge is 0.406 e. The molecule has 0 radical (unpaired) electrons. The minimum absolute atomic E-state index is 0.0209. The van der Waals surface area contributed by atoms with Crippen LogP contribution >= 0.6 is 0 Å².